The molecule has 1 fully saturated rings. The van der Waals surface area contributed by atoms with Gasteiger partial charge in [0.25, 0.3) is 0 Å². The highest BCUT2D eigenvalue weighted by molar-refractivity contribution is 4.98. The van der Waals surface area contributed by atoms with Crippen LogP contribution in [0.15, 0.2) is 12.2 Å². The maximum absolute atomic E-state index is 9.65. The van der Waals surface area contributed by atoms with Gasteiger partial charge in [-0.2, -0.15) is 0 Å². The summed E-state index contributed by atoms with van der Waals surface area (Å²) in [6, 6.07) is 0. The van der Waals surface area contributed by atoms with E-state index in [-0.39, 0.29) is 6.10 Å². The van der Waals surface area contributed by atoms with E-state index in [0.29, 0.717) is 11.8 Å². The van der Waals surface area contributed by atoms with E-state index in [0.717, 1.165) is 12.8 Å². The molecule has 0 heterocycles. The zero-order valence-electron chi connectivity index (χ0n) is 6.16. The van der Waals surface area contributed by atoms with E-state index in [9.17, 15) is 5.11 Å². The van der Waals surface area contributed by atoms with Crippen molar-refractivity contribution in [3.63, 3.8) is 0 Å². The largest absolute Gasteiger partial charge is 0.393 e. The first kappa shape index (κ1) is 6.41. The Morgan fingerprint density at radius 2 is 1.50 bits per heavy atom. The minimum absolute atomic E-state index is 0.00926. The predicted molar refractivity (Wildman–Crippen MR) is 40.6 cm³/mol. The molecule has 1 saturated carbocycles. The molecular formula is C9H14O. The first-order chi connectivity index (χ1) is 4.88. The van der Waals surface area contributed by atoms with E-state index in [1.807, 2.05) is 0 Å². The fourth-order valence-electron chi connectivity index (χ4n) is 2.21. The Kier molecular flexibility index (Phi) is 1.53. The lowest BCUT2D eigenvalue weighted by Crippen LogP contribution is -2.18. The summed E-state index contributed by atoms with van der Waals surface area (Å²) in [4.78, 5) is 0. The molecule has 1 heteroatoms. The van der Waals surface area contributed by atoms with Crippen LogP contribution < -0.4 is 0 Å². The van der Waals surface area contributed by atoms with Crippen LogP contribution in [0, 0.1) is 11.8 Å². The van der Waals surface area contributed by atoms with Gasteiger partial charge in [0, 0.05) is 0 Å². The summed E-state index contributed by atoms with van der Waals surface area (Å²) >= 11 is 0. The predicted octanol–water partition coefficient (Wildman–Crippen LogP) is 1.72. The Morgan fingerprint density at radius 3 is 2.00 bits per heavy atom. The zero-order chi connectivity index (χ0) is 6.97. The van der Waals surface area contributed by atoms with Crippen LogP contribution in [0.5, 0.6) is 0 Å². The van der Waals surface area contributed by atoms with Crippen molar-refractivity contribution in [1.82, 2.24) is 0 Å². The van der Waals surface area contributed by atoms with Crippen molar-refractivity contribution in [3.05, 3.63) is 12.2 Å². The van der Waals surface area contributed by atoms with E-state index in [1.165, 1.54) is 12.8 Å². The first-order valence-corrected chi connectivity index (χ1v) is 4.21. The Bertz CT molecular complexity index is 135. The molecule has 2 aliphatic carbocycles. The quantitative estimate of drug-likeness (QED) is 0.505. The average molecular weight is 138 g/mol. The van der Waals surface area contributed by atoms with Crippen molar-refractivity contribution in [3.8, 4) is 0 Å². The first-order valence-electron chi connectivity index (χ1n) is 4.21. The normalized spacial score (nSPS) is 45.5. The number of rotatable bonds is 0. The summed E-state index contributed by atoms with van der Waals surface area (Å²) in [6.07, 6.45) is 9.18. The molecule has 0 aromatic carbocycles. The molecule has 2 bridgehead atoms. The van der Waals surface area contributed by atoms with Crippen molar-refractivity contribution < 1.29 is 5.11 Å². The van der Waals surface area contributed by atoms with E-state index in [1.54, 1.807) is 0 Å². The molecule has 0 saturated heterocycles. The minimum Gasteiger partial charge on any atom is -0.393 e. The molecule has 0 spiro atoms. The van der Waals surface area contributed by atoms with Crippen LogP contribution in [-0.2, 0) is 0 Å². The van der Waals surface area contributed by atoms with Gasteiger partial charge in [-0.15, -0.1) is 0 Å². The van der Waals surface area contributed by atoms with Crippen LogP contribution in [0.1, 0.15) is 25.7 Å². The van der Waals surface area contributed by atoms with Gasteiger partial charge in [-0.1, -0.05) is 12.2 Å². The van der Waals surface area contributed by atoms with Gasteiger partial charge in [-0.05, 0) is 37.5 Å². The SMILES string of the molecule is OC1C2CC=CCC1CC2. The summed E-state index contributed by atoms with van der Waals surface area (Å²) < 4.78 is 0. The average Bonchev–Trinajstić information content (AvgIpc) is 2.06. The maximum Gasteiger partial charge on any atom is 0.0602 e. The lowest BCUT2D eigenvalue weighted by Gasteiger charge is -2.14. The fraction of sp³-hybridized carbons (Fsp3) is 0.778. The van der Waals surface area contributed by atoms with Crippen LogP contribution in [0.4, 0.5) is 0 Å². The Hall–Kier alpha value is -0.300. The summed E-state index contributed by atoms with van der Waals surface area (Å²) in [7, 11) is 0. The van der Waals surface area contributed by atoms with Gasteiger partial charge in [-0.25, -0.2) is 0 Å². The molecule has 2 aliphatic rings. The lowest BCUT2D eigenvalue weighted by atomic mass is 9.99. The molecule has 0 amide bonds. The minimum atomic E-state index is 0.00926. The van der Waals surface area contributed by atoms with Gasteiger partial charge >= 0.3 is 0 Å². The number of aliphatic hydroxyl groups excluding tert-OH is 1. The summed E-state index contributed by atoms with van der Waals surface area (Å²) in [5, 5.41) is 9.65. The second kappa shape index (κ2) is 2.39. The smallest absolute Gasteiger partial charge is 0.0602 e. The standard InChI is InChI=1S/C9H14O/c10-9-7-3-1-2-4-8(9)6-5-7/h1-2,7-10H,3-6H2. The molecule has 56 valence electrons. The molecule has 0 aromatic rings. The van der Waals surface area contributed by atoms with Crippen molar-refractivity contribution in [2.75, 3.05) is 0 Å². The molecule has 0 radical (unpaired) electrons. The molecular weight excluding hydrogens is 124 g/mol. The molecule has 0 aromatic heterocycles. The fourth-order valence-corrected chi connectivity index (χ4v) is 2.21. The van der Waals surface area contributed by atoms with Crippen LogP contribution in [0.3, 0.4) is 0 Å². The van der Waals surface area contributed by atoms with Gasteiger partial charge in [-0.3, -0.25) is 0 Å². The van der Waals surface area contributed by atoms with Crippen LogP contribution in [-0.4, -0.2) is 11.2 Å². The van der Waals surface area contributed by atoms with Crippen molar-refractivity contribution in [2.24, 2.45) is 11.8 Å². The summed E-state index contributed by atoms with van der Waals surface area (Å²) in [5.41, 5.74) is 0. The summed E-state index contributed by atoms with van der Waals surface area (Å²) in [6.45, 7) is 0. The molecule has 1 nitrogen and oxygen atoms in total. The molecule has 2 rings (SSSR count). The molecule has 0 aliphatic heterocycles. The highest BCUT2D eigenvalue weighted by Gasteiger charge is 2.33. The van der Waals surface area contributed by atoms with E-state index < -0.39 is 0 Å². The van der Waals surface area contributed by atoms with Gasteiger partial charge in [0.2, 0.25) is 0 Å². The lowest BCUT2D eigenvalue weighted by molar-refractivity contribution is 0.0959. The van der Waals surface area contributed by atoms with Crippen LogP contribution in [0.25, 0.3) is 0 Å². The van der Waals surface area contributed by atoms with Crippen molar-refractivity contribution in [2.45, 2.75) is 31.8 Å². The third kappa shape index (κ3) is 0.891. The van der Waals surface area contributed by atoms with Gasteiger partial charge in [0.15, 0.2) is 0 Å². The number of hydrogen-bond acceptors (Lipinski definition) is 1. The third-order valence-electron chi connectivity index (χ3n) is 2.92. The topological polar surface area (TPSA) is 20.2 Å². The Balaban J connectivity index is 2.15. The number of hydrogen-bond donors (Lipinski definition) is 1. The maximum atomic E-state index is 9.65. The Morgan fingerprint density at radius 1 is 1.00 bits per heavy atom. The number of aliphatic hydroxyl groups is 1. The number of allylic oxidation sites excluding steroid dienone is 2. The number of fused-ring (bicyclic) bond motifs is 2. The van der Waals surface area contributed by atoms with Crippen LogP contribution >= 0.6 is 0 Å². The molecule has 10 heavy (non-hydrogen) atoms. The monoisotopic (exact) mass is 138 g/mol. The second-order valence-electron chi connectivity index (χ2n) is 3.53. The van der Waals surface area contributed by atoms with E-state index in [4.69, 9.17) is 0 Å². The highest BCUT2D eigenvalue weighted by atomic mass is 16.3. The van der Waals surface area contributed by atoms with E-state index in [2.05, 4.69) is 12.2 Å². The van der Waals surface area contributed by atoms with Gasteiger partial charge in [0.1, 0.15) is 0 Å². The third-order valence-corrected chi connectivity index (χ3v) is 2.92. The van der Waals surface area contributed by atoms with Crippen LogP contribution in [0.2, 0.25) is 0 Å². The van der Waals surface area contributed by atoms with Crippen molar-refractivity contribution >= 4 is 0 Å². The molecule has 1 N–H and O–H groups in total. The molecule has 2 atom stereocenters. The van der Waals surface area contributed by atoms with Crippen molar-refractivity contribution in [1.29, 1.82) is 0 Å². The molecule has 2 unspecified atom stereocenters. The highest BCUT2D eigenvalue weighted by Crippen LogP contribution is 2.37. The Labute approximate surface area is 61.8 Å². The summed E-state index contributed by atoms with van der Waals surface area (Å²) in [5.74, 6) is 1.17. The van der Waals surface area contributed by atoms with Gasteiger partial charge in [0.05, 0.1) is 6.10 Å². The van der Waals surface area contributed by atoms with E-state index >= 15 is 0 Å². The zero-order valence-corrected chi connectivity index (χ0v) is 6.16. The second-order valence-corrected chi connectivity index (χ2v) is 3.53. The van der Waals surface area contributed by atoms with Gasteiger partial charge < -0.3 is 5.11 Å².